The predicted octanol–water partition coefficient (Wildman–Crippen LogP) is 0.181. The summed E-state index contributed by atoms with van der Waals surface area (Å²) in [5.74, 6) is -0.116. The van der Waals surface area contributed by atoms with Gasteiger partial charge in [-0.1, -0.05) is 6.07 Å². The van der Waals surface area contributed by atoms with Gasteiger partial charge in [0.05, 0.1) is 17.8 Å². The van der Waals surface area contributed by atoms with Gasteiger partial charge in [-0.3, -0.25) is 9.78 Å². The molecule has 2 saturated heterocycles. The van der Waals surface area contributed by atoms with Crippen LogP contribution in [0.4, 0.5) is 0 Å². The molecule has 132 valence electrons. The van der Waals surface area contributed by atoms with E-state index in [-0.39, 0.29) is 18.6 Å². The maximum Gasteiger partial charge on any atom is 0.230 e. The van der Waals surface area contributed by atoms with Crippen molar-refractivity contribution in [1.82, 2.24) is 14.6 Å². The molecule has 3 heterocycles. The second-order valence-electron chi connectivity index (χ2n) is 6.48. The van der Waals surface area contributed by atoms with Gasteiger partial charge in [0.2, 0.25) is 15.9 Å². The highest BCUT2D eigenvalue weighted by molar-refractivity contribution is 7.88. The van der Waals surface area contributed by atoms with Gasteiger partial charge in [0.15, 0.2) is 0 Å². The second-order valence-corrected chi connectivity index (χ2v) is 8.46. The number of nitrogens with zero attached hydrogens (tertiary/aromatic N) is 2. The first-order chi connectivity index (χ1) is 11.4. The van der Waals surface area contributed by atoms with Gasteiger partial charge in [-0.15, -0.1) is 0 Å². The third kappa shape index (κ3) is 3.45. The topological polar surface area (TPSA) is 88.6 Å². The van der Waals surface area contributed by atoms with E-state index in [0.717, 1.165) is 5.69 Å². The Bertz CT molecular complexity index is 695. The molecule has 0 unspecified atom stereocenters. The van der Waals surface area contributed by atoms with E-state index in [4.69, 9.17) is 4.74 Å². The minimum Gasteiger partial charge on any atom is -0.377 e. The molecular weight excluding hydrogens is 330 g/mol. The third-order valence-electron chi connectivity index (χ3n) is 4.90. The van der Waals surface area contributed by atoms with Crippen LogP contribution in [0.5, 0.6) is 0 Å². The van der Waals surface area contributed by atoms with E-state index in [1.54, 1.807) is 6.20 Å². The van der Waals surface area contributed by atoms with E-state index >= 15 is 0 Å². The highest BCUT2D eigenvalue weighted by Gasteiger charge is 2.54. The Morgan fingerprint density at radius 2 is 2.33 bits per heavy atom. The summed E-state index contributed by atoms with van der Waals surface area (Å²) in [4.78, 5) is 17.1. The van der Waals surface area contributed by atoms with Crippen molar-refractivity contribution in [2.24, 2.45) is 5.41 Å². The molecule has 8 heteroatoms. The van der Waals surface area contributed by atoms with Crippen molar-refractivity contribution in [3.8, 4) is 0 Å². The summed E-state index contributed by atoms with van der Waals surface area (Å²) >= 11 is 0. The number of ether oxygens (including phenoxy) is 1. The van der Waals surface area contributed by atoms with Gasteiger partial charge in [-0.25, -0.2) is 12.7 Å². The lowest BCUT2D eigenvalue weighted by Gasteiger charge is -2.41. The normalized spacial score (nSPS) is 27.6. The molecule has 0 aliphatic carbocycles. The van der Waals surface area contributed by atoms with Crippen molar-refractivity contribution in [3.05, 3.63) is 30.1 Å². The molecule has 1 aromatic rings. The second kappa shape index (κ2) is 6.78. The Balaban J connectivity index is 1.66. The summed E-state index contributed by atoms with van der Waals surface area (Å²) in [6.45, 7) is 1.58. The van der Waals surface area contributed by atoms with Gasteiger partial charge in [0.1, 0.15) is 0 Å². The number of fused-ring (bicyclic) bond motifs is 1. The molecule has 1 amide bonds. The van der Waals surface area contributed by atoms with Crippen LogP contribution in [0.25, 0.3) is 0 Å². The Morgan fingerprint density at radius 1 is 1.50 bits per heavy atom. The smallest absolute Gasteiger partial charge is 0.230 e. The molecule has 0 aromatic carbocycles. The number of amides is 1. The zero-order valence-electron chi connectivity index (χ0n) is 13.8. The number of hydrogen-bond donors (Lipinski definition) is 1. The van der Waals surface area contributed by atoms with Crippen molar-refractivity contribution >= 4 is 15.9 Å². The number of carbonyl (C=O) groups is 1. The van der Waals surface area contributed by atoms with E-state index in [0.29, 0.717) is 39.0 Å². The van der Waals surface area contributed by atoms with Crippen LogP contribution in [-0.2, 0) is 26.0 Å². The molecule has 1 aromatic heterocycles. The lowest BCUT2D eigenvalue weighted by atomic mass is 9.76. The maximum absolute atomic E-state index is 12.8. The molecule has 24 heavy (non-hydrogen) atoms. The van der Waals surface area contributed by atoms with Crippen molar-refractivity contribution in [3.63, 3.8) is 0 Å². The summed E-state index contributed by atoms with van der Waals surface area (Å²) in [6, 6.07) is 5.68. The van der Waals surface area contributed by atoms with Gasteiger partial charge in [0, 0.05) is 44.6 Å². The molecule has 2 atom stereocenters. The Morgan fingerprint density at radius 3 is 3.04 bits per heavy atom. The summed E-state index contributed by atoms with van der Waals surface area (Å²) in [5, 5.41) is 2.95. The van der Waals surface area contributed by atoms with E-state index in [2.05, 4.69) is 10.3 Å². The van der Waals surface area contributed by atoms with Gasteiger partial charge in [-0.2, -0.15) is 0 Å². The van der Waals surface area contributed by atoms with Crippen molar-refractivity contribution in [2.45, 2.75) is 25.4 Å². The van der Waals surface area contributed by atoms with Gasteiger partial charge in [-0.05, 0) is 25.0 Å². The van der Waals surface area contributed by atoms with Gasteiger partial charge < -0.3 is 10.1 Å². The molecule has 0 saturated carbocycles. The third-order valence-corrected chi connectivity index (χ3v) is 6.15. The zero-order valence-corrected chi connectivity index (χ0v) is 14.6. The Kier molecular flexibility index (Phi) is 4.89. The largest absolute Gasteiger partial charge is 0.377 e. The maximum atomic E-state index is 12.8. The fourth-order valence-electron chi connectivity index (χ4n) is 3.54. The first-order valence-electron chi connectivity index (χ1n) is 8.17. The monoisotopic (exact) mass is 353 g/mol. The van der Waals surface area contributed by atoms with Crippen LogP contribution in [0, 0.1) is 5.41 Å². The van der Waals surface area contributed by atoms with Crippen LogP contribution in [0.15, 0.2) is 24.4 Å². The predicted molar refractivity (Wildman–Crippen MR) is 88.8 cm³/mol. The number of hydrogen-bond acceptors (Lipinski definition) is 5. The first kappa shape index (κ1) is 17.3. The van der Waals surface area contributed by atoms with E-state index in [1.165, 1.54) is 10.6 Å². The van der Waals surface area contributed by atoms with Crippen LogP contribution in [-0.4, -0.2) is 62.2 Å². The summed E-state index contributed by atoms with van der Waals surface area (Å²) in [7, 11) is -3.31. The van der Waals surface area contributed by atoms with Crippen LogP contribution in [0.2, 0.25) is 0 Å². The van der Waals surface area contributed by atoms with E-state index in [9.17, 15) is 13.2 Å². The number of sulfonamides is 1. The van der Waals surface area contributed by atoms with Crippen molar-refractivity contribution in [2.75, 3.05) is 32.5 Å². The average molecular weight is 353 g/mol. The average Bonchev–Trinajstić information content (AvgIpc) is 2.99. The lowest BCUT2D eigenvalue weighted by molar-refractivity contribution is -0.137. The molecule has 3 rings (SSSR count). The van der Waals surface area contributed by atoms with Gasteiger partial charge in [0.25, 0.3) is 0 Å². The molecule has 0 spiro atoms. The molecule has 1 N–H and O–H groups in total. The van der Waals surface area contributed by atoms with E-state index in [1.807, 2.05) is 18.2 Å². The molecule has 2 fully saturated rings. The number of aromatic nitrogens is 1. The van der Waals surface area contributed by atoms with E-state index < -0.39 is 15.4 Å². The van der Waals surface area contributed by atoms with Crippen LogP contribution >= 0.6 is 0 Å². The lowest BCUT2D eigenvalue weighted by Crippen LogP contribution is -2.58. The fourth-order valence-corrected chi connectivity index (χ4v) is 4.44. The quantitative estimate of drug-likeness (QED) is 0.816. The standard InChI is InChI=1S/C16H23N3O4S/c1-24(21,22)19-10-6-14-16(12-19,7-11-23-14)15(20)18-9-5-13-4-2-3-8-17-13/h2-4,8,14H,5-7,9-12H2,1H3,(H,18,20)/t14-,16-/m1/s1. The number of rotatable bonds is 5. The number of nitrogens with one attached hydrogen (secondary N) is 1. The molecular formula is C16H23N3O4S. The number of piperidine rings is 1. The van der Waals surface area contributed by atoms with Crippen LogP contribution < -0.4 is 5.32 Å². The highest BCUT2D eigenvalue weighted by Crippen LogP contribution is 2.41. The van der Waals surface area contributed by atoms with Crippen LogP contribution in [0.1, 0.15) is 18.5 Å². The molecule has 0 radical (unpaired) electrons. The zero-order chi connectivity index (χ0) is 17.2. The van der Waals surface area contributed by atoms with Gasteiger partial charge >= 0.3 is 0 Å². The van der Waals surface area contributed by atoms with Crippen molar-refractivity contribution in [1.29, 1.82) is 0 Å². The minimum atomic E-state index is -3.31. The molecule has 7 nitrogen and oxygen atoms in total. The minimum absolute atomic E-state index is 0.116. The summed E-state index contributed by atoms with van der Waals surface area (Å²) in [6.07, 6.45) is 4.46. The summed E-state index contributed by atoms with van der Waals surface area (Å²) < 4.78 is 30.9. The SMILES string of the molecule is CS(=O)(=O)N1CC[C@H]2OCC[C@@]2(C(=O)NCCc2ccccn2)C1. The summed E-state index contributed by atoms with van der Waals surface area (Å²) in [5.41, 5.74) is 0.141. The molecule has 2 aliphatic rings. The fraction of sp³-hybridized carbons (Fsp3) is 0.625. The molecule has 2 aliphatic heterocycles. The Labute approximate surface area is 142 Å². The molecule has 0 bridgehead atoms. The van der Waals surface area contributed by atoms with Crippen molar-refractivity contribution < 1.29 is 17.9 Å². The highest BCUT2D eigenvalue weighted by atomic mass is 32.2. The Hall–Kier alpha value is -1.51. The first-order valence-corrected chi connectivity index (χ1v) is 10.0. The number of carbonyl (C=O) groups excluding carboxylic acids is 1. The van der Waals surface area contributed by atoms with Crippen LogP contribution in [0.3, 0.4) is 0 Å². The number of pyridine rings is 1.